The van der Waals surface area contributed by atoms with E-state index < -0.39 is 6.10 Å². The number of hydrogen-bond acceptors (Lipinski definition) is 6. The fraction of sp³-hybridized carbons (Fsp3) is 0.847. The minimum absolute atomic E-state index is 0.0719. The van der Waals surface area contributed by atoms with Gasteiger partial charge in [-0.05, 0) is 77.0 Å². The van der Waals surface area contributed by atoms with Gasteiger partial charge in [-0.1, -0.05) is 243 Å². The normalized spacial score (nSPS) is 12.2. The Bertz CT molecular complexity index is 1090. The Balaban J connectivity index is 4.29. The Labute approximate surface area is 404 Å². The van der Waals surface area contributed by atoms with Crippen molar-refractivity contribution in [1.82, 2.24) is 0 Å². The Morgan fingerprint density at radius 2 is 0.554 bits per heavy atom. The number of carbonyl (C=O) groups is 3. The zero-order valence-electron chi connectivity index (χ0n) is 43.5. The zero-order chi connectivity index (χ0) is 47.2. The first kappa shape index (κ1) is 62.6. The summed E-state index contributed by atoms with van der Waals surface area (Å²) in [6.45, 7) is 6.63. The van der Waals surface area contributed by atoms with Gasteiger partial charge >= 0.3 is 17.9 Å². The third-order valence-corrected chi connectivity index (χ3v) is 12.6. The molecule has 0 aromatic carbocycles. The van der Waals surface area contributed by atoms with Crippen molar-refractivity contribution >= 4 is 17.9 Å². The van der Waals surface area contributed by atoms with Crippen molar-refractivity contribution in [2.75, 3.05) is 13.2 Å². The first-order chi connectivity index (χ1) is 32.0. The highest BCUT2D eigenvalue weighted by atomic mass is 16.6. The summed E-state index contributed by atoms with van der Waals surface area (Å²) in [5.41, 5.74) is 0. The molecular weight excluding hydrogens is 805 g/mol. The van der Waals surface area contributed by atoms with Crippen LogP contribution in [0.1, 0.15) is 303 Å². The van der Waals surface area contributed by atoms with Gasteiger partial charge in [0.1, 0.15) is 13.2 Å². The average molecular weight is 914 g/mol. The monoisotopic (exact) mass is 913 g/mol. The highest BCUT2D eigenvalue weighted by Gasteiger charge is 2.19. The van der Waals surface area contributed by atoms with E-state index in [4.69, 9.17) is 14.2 Å². The van der Waals surface area contributed by atoms with Crippen LogP contribution >= 0.6 is 0 Å². The fourth-order valence-electron chi connectivity index (χ4n) is 8.29. The third kappa shape index (κ3) is 52.5. The molecule has 0 aromatic heterocycles. The van der Waals surface area contributed by atoms with E-state index >= 15 is 0 Å². The van der Waals surface area contributed by atoms with E-state index in [1.54, 1.807) is 0 Å². The van der Waals surface area contributed by atoms with Crippen LogP contribution in [0.2, 0.25) is 0 Å². The van der Waals surface area contributed by atoms with Crippen LogP contribution in [0.4, 0.5) is 0 Å². The van der Waals surface area contributed by atoms with Crippen LogP contribution in [0.5, 0.6) is 0 Å². The standard InChI is InChI=1S/C59H108O6/c1-4-7-10-13-16-19-22-24-26-28-30-32-33-35-37-40-43-46-49-52-58(61)64-55-56(54-63-57(60)51-48-45-42-39-21-18-15-12-9-6-3)65-59(62)53-50-47-44-41-38-36-34-31-29-27-25-23-20-17-14-11-8-5-2/h16,19,24,26-27,29,56H,4-15,17-18,20-23,25,28,30-55H2,1-3H3/b19-16-,26-24-,29-27-. The summed E-state index contributed by atoms with van der Waals surface area (Å²) in [7, 11) is 0. The summed E-state index contributed by atoms with van der Waals surface area (Å²) in [5.74, 6) is -0.867. The molecule has 6 heteroatoms. The smallest absolute Gasteiger partial charge is 0.306 e. The second-order valence-corrected chi connectivity index (χ2v) is 19.2. The van der Waals surface area contributed by atoms with E-state index in [9.17, 15) is 14.4 Å². The van der Waals surface area contributed by atoms with Gasteiger partial charge < -0.3 is 14.2 Å². The van der Waals surface area contributed by atoms with E-state index in [0.29, 0.717) is 19.3 Å². The van der Waals surface area contributed by atoms with Crippen molar-refractivity contribution in [3.05, 3.63) is 36.5 Å². The molecule has 6 nitrogen and oxygen atoms in total. The first-order valence-electron chi connectivity index (χ1n) is 28.5. The van der Waals surface area contributed by atoms with Crippen molar-refractivity contribution in [2.24, 2.45) is 0 Å². The summed E-state index contributed by atoms with van der Waals surface area (Å²) in [6, 6.07) is 0. The van der Waals surface area contributed by atoms with Gasteiger partial charge in [0.15, 0.2) is 6.10 Å². The van der Waals surface area contributed by atoms with Crippen LogP contribution in [-0.2, 0) is 28.6 Å². The molecule has 0 radical (unpaired) electrons. The molecule has 65 heavy (non-hydrogen) atoms. The van der Waals surface area contributed by atoms with E-state index in [2.05, 4.69) is 57.2 Å². The molecule has 0 aromatic rings. The van der Waals surface area contributed by atoms with Gasteiger partial charge in [-0.2, -0.15) is 0 Å². The lowest BCUT2D eigenvalue weighted by molar-refractivity contribution is -0.167. The molecule has 0 amide bonds. The minimum Gasteiger partial charge on any atom is -0.462 e. The summed E-state index contributed by atoms with van der Waals surface area (Å²) in [4.78, 5) is 38.1. The lowest BCUT2D eigenvalue weighted by Crippen LogP contribution is -2.30. The highest BCUT2D eigenvalue weighted by molar-refractivity contribution is 5.71. The molecule has 0 aliphatic rings. The molecule has 1 unspecified atom stereocenters. The van der Waals surface area contributed by atoms with Crippen molar-refractivity contribution in [1.29, 1.82) is 0 Å². The summed E-state index contributed by atoms with van der Waals surface area (Å²) >= 11 is 0. The van der Waals surface area contributed by atoms with Crippen LogP contribution in [0, 0.1) is 0 Å². The van der Waals surface area contributed by atoms with Gasteiger partial charge in [0.2, 0.25) is 0 Å². The lowest BCUT2D eigenvalue weighted by Gasteiger charge is -2.18. The van der Waals surface area contributed by atoms with Crippen molar-refractivity contribution in [2.45, 2.75) is 309 Å². The molecule has 0 saturated heterocycles. The average Bonchev–Trinajstić information content (AvgIpc) is 3.30. The van der Waals surface area contributed by atoms with Gasteiger partial charge in [0.05, 0.1) is 0 Å². The number of ether oxygens (including phenoxy) is 3. The van der Waals surface area contributed by atoms with E-state index in [0.717, 1.165) is 64.2 Å². The maximum absolute atomic E-state index is 12.8. The molecule has 0 heterocycles. The SMILES string of the molecule is CCCCC/C=C\C/C=C\CCCCCCCCCCCC(=O)OCC(COC(=O)CCCCCCCCCCCC)OC(=O)CCCCCCCCC/C=C\CCCCCCCCC. The molecule has 0 spiro atoms. The molecule has 0 fully saturated rings. The molecule has 0 bridgehead atoms. The molecule has 0 rings (SSSR count). The molecule has 0 aliphatic heterocycles. The predicted octanol–water partition coefficient (Wildman–Crippen LogP) is 18.9. The van der Waals surface area contributed by atoms with Crippen LogP contribution < -0.4 is 0 Å². The number of hydrogen-bond donors (Lipinski definition) is 0. The maximum Gasteiger partial charge on any atom is 0.306 e. The number of allylic oxidation sites excluding steroid dienone is 6. The van der Waals surface area contributed by atoms with Gasteiger partial charge in [0.25, 0.3) is 0 Å². The van der Waals surface area contributed by atoms with Gasteiger partial charge in [-0.15, -0.1) is 0 Å². The molecular formula is C59H108O6. The molecule has 1 atom stereocenters. The lowest BCUT2D eigenvalue weighted by atomic mass is 10.1. The van der Waals surface area contributed by atoms with Gasteiger partial charge in [0, 0.05) is 19.3 Å². The maximum atomic E-state index is 12.8. The number of rotatable bonds is 52. The largest absolute Gasteiger partial charge is 0.462 e. The topological polar surface area (TPSA) is 78.9 Å². The molecule has 380 valence electrons. The molecule has 0 N–H and O–H groups in total. The summed E-state index contributed by atoms with van der Waals surface area (Å²) in [6.07, 6.45) is 64.2. The molecule has 0 aliphatic carbocycles. The Morgan fingerprint density at radius 3 is 0.892 bits per heavy atom. The van der Waals surface area contributed by atoms with Crippen molar-refractivity contribution < 1.29 is 28.6 Å². The Morgan fingerprint density at radius 1 is 0.308 bits per heavy atom. The highest BCUT2D eigenvalue weighted by Crippen LogP contribution is 2.16. The number of carbonyl (C=O) groups excluding carboxylic acids is 3. The zero-order valence-corrected chi connectivity index (χ0v) is 43.5. The quantitative estimate of drug-likeness (QED) is 0.0262. The van der Waals surface area contributed by atoms with Crippen LogP contribution in [0.25, 0.3) is 0 Å². The van der Waals surface area contributed by atoms with E-state index in [-0.39, 0.29) is 31.1 Å². The third-order valence-electron chi connectivity index (χ3n) is 12.6. The number of unbranched alkanes of at least 4 members (excludes halogenated alkanes) is 35. The summed E-state index contributed by atoms with van der Waals surface area (Å²) in [5, 5.41) is 0. The first-order valence-corrected chi connectivity index (χ1v) is 28.5. The van der Waals surface area contributed by atoms with Crippen LogP contribution in [-0.4, -0.2) is 37.2 Å². The minimum atomic E-state index is -0.772. The van der Waals surface area contributed by atoms with Gasteiger partial charge in [-0.3, -0.25) is 14.4 Å². The second-order valence-electron chi connectivity index (χ2n) is 19.2. The Kier molecular flexibility index (Phi) is 52.3. The predicted molar refractivity (Wildman–Crippen MR) is 279 cm³/mol. The Hall–Kier alpha value is -2.37. The van der Waals surface area contributed by atoms with Crippen molar-refractivity contribution in [3.63, 3.8) is 0 Å². The fourth-order valence-corrected chi connectivity index (χ4v) is 8.29. The molecule has 0 saturated carbocycles. The number of esters is 3. The van der Waals surface area contributed by atoms with E-state index in [1.807, 2.05) is 0 Å². The second kappa shape index (κ2) is 54.2. The van der Waals surface area contributed by atoms with Crippen LogP contribution in [0.15, 0.2) is 36.5 Å². The van der Waals surface area contributed by atoms with Gasteiger partial charge in [-0.25, -0.2) is 0 Å². The van der Waals surface area contributed by atoms with E-state index in [1.165, 1.54) is 199 Å². The summed E-state index contributed by atoms with van der Waals surface area (Å²) < 4.78 is 16.8. The van der Waals surface area contributed by atoms with Crippen molar-refractivity contribution in [3.8, 4) is 0 Å². The van der Waals surface area contributed by atoms with Crippen LogP contribution in [0.3, 0.4) is 0 Å².